The summed E-state index contributed by atoms with van der Waals surface area (Å²) in [6.07, 6.45) is 8.37. The molecule has 0 saturated heterocycles. The Hall–Kier alpha value is -2.78. The number of rotatable bonds is 0. The third kappa shape index (κ3) is 3.20. The summed E-state index contributed by atoms with van der Waals surface area (Å²) in [5, 5.41) is 0. The number of fused-ring (bicyclic) bond motifs is 8. The Bertz CT molecular complexity index is 1150. The molecule has 3 aromatic heterocycles. The molecule has 0 radical (unpaired) electrons. The Balaban J connectivity index is 0.00000205. The van der Waals surface area contributed by atoms with E-state index >= 15 is 0 Å². The molecule has 0 spiro atoms. The van der Waals surface area contributed by atoms with Gasteiger partial charge in [-0.2, -0.15) is 0 Å². The van der Waals surface area contributed by atoms with Crippen LogP contribution in [0.3, 0.4) is 0 Å². The van der Waals surface area contributed by atoms with Crippen molar-refractivity contribution in [2.45, 2.75) is 27.7 Å². The molecule has 0 saturated carbocycles. The zero-order valence-electron chi connectivity index (χ0n) is 17.2. The molecule has 5 rings (SSSR count). The van der Waals surface area contributed by atoms with Crippen LogP contribution in [-0.4, -0.2) is 19.9 Å². The van der Waals surface area contributed by atoms with Gasteiger partial charge in [0.2, 0.25) is 0 Å². The van der Waals surface area contributed by atoms with Gasteiger partial charge >= 0.3 is 0 Å². The van der Waals surface area contributed by atoms with Gasteiger partial charge in [0, 0.05) is 41.5 Å². The number of hydrogen-bond acceptors (Lipinski definition) is 2. The fourth-order valence-electron chi connectivity index (χ4n) is 3.78. The van der Waals surface area contributed by atoms with Crippen LogP contribution in [0.1, 0.15) is 45.0 Å². The van der Waals surface area contributed by atoms with E-state index in [1.807, 2.05) is 0 Å². The van der Waals surface area contributed by atoms with Gasteiger partial charge in [-0.3, -0.25) is 0 Å². The Morgan fingerprint density at radius 1 is 0.483 bits per heavy atom. The molecule has 2 aliphatic rings. The molecule has 0 aliphatic carbocycles. The second-order valence-corrected chi connectivity index (χ2v) is 7.50. The summed E-state index contributed by atoms with van der Waals surface area (Å²) >= 11 is 0. The number of H-pyrrole nitrogens is 2. The minimum atomic E-state index is 0. The van der Waals surface area contributed by atoms with Crippen molar-refractivity contribution in [1.82, 2.24) is 19.9 Å². The third-order valence-electron chi connectivity index (χ3n) is 5.80. The average molecular weight is 432 g/mol. The predicted octanol–water partition coefficient (Wildman–Crippen LogP) is 5.89. The smallest absolute Gasteiger partial charge is 0.0687 e. The summed E-state index contributed by atoms with van der Waals surface area (Å²) in [6.45, 7) is 8.44. The minimum Gasteiger partial charge on any atom is -0.355 e. The van der Waals surface area contributed by atoms with Gasteiger partial charge in [0.05, 0.1) is 22.8 Å². The number of aryl methyl sites for hydroxylation is 4. The van der Waals surface area contributed by atoms with Gasteiger partial charge in [0.15, 0.2) is 0 Å². The van der Waals surface area contributed by atoms with Crippen molar-refractivity contribution in [3.8, 4) is 0 Å². The van der Waals surface area contributed by atoms with Gasteiger partial charge in [0.1, 0.15) is 0 Å². The van der Waals surface area contributed by atoms with Gasteiger partial charge in [-0.05, 0) is 98.5 Å². The van der Waals surface area contributed by atoms with Crippen molar-refractivity contribution in [3.05, 3.63) is 69.3 Å². The van der Waals surface area contributed by atoms with Crippen molar-refractivity contribution in [1.29, 1.82) is 0 Å². The summed E-state index contributed by atoms with van der Waals surface area (Å²) in [7, 11) is 0. The Morgan fingerprint density at radius 2 is 0.724 bits per heavy atom. The Labute approximate surface area is 182 Å². The van der Waals surface area contributed by atoms with E-state index in [4.69, 9.17) is 9.97 Å². The SMILES string of the molecule is Cc1c2nc(c(C)c3ccc([nH]3)c(C)c3nc(c(C)c4ccc1[nH]4)C=C3)C=C2.[Zn]. The van der Waals surface area contributed by atoms with Crippen molar-refractivity contribution < 1.29 is 19.5 Å². The first kappa shape index (κ1) is 19.5. The van der Waals surface area contributed by atoms with Crippen molar-refractivity contribution in [2.24, 2.45) is 0 Å². The van der Waals surface area contributed by atoms with Crippen LogP contribution in [0.25, 0.3) is 46.4 Å². The van der Waals surface area contributed by atoms with Crippen molar-refractivity contribution in [3.63, 3.8) is 0 Å². The summed E-state index contributed by atoms with van der Waals surface area (Å²) in [5.74, 6) is 0. The van der Waals surface area contributed by atoms with Crippen LogP contribution in [0.2, 0.25) is 0 Å². The molecule has 140 valence electrons. The molecule has 0 fully saturated rings. The second-order valence-electron chi connectivity index (χ2n) is 7.50. The van der Waals surface area contributed by atoms with E-state index in [0.717, 1.165) is 67.1 Å². The van der Waals surface area contributed by atoms with E-state index in [0.29, 0.717) is 0 Å². The number of nitrogens with zero attached hydrogens (tertiary/aromatic N) is 2. The molecule has 0 aromatic carbocycles. The molecule has 3 aromatic rings. The van der Waals surface area contributed by atoms with E-state index in [2.05, 4.69) is 86.2 Å². The summed E-state index contributed by atoms with van der Waals surface area (Å²) < 4.78 is 0. The first-order chi connectivity index (χ1) is 13.5. The standard InChI is InChI=1S/C24H22N4.Zn/c1-13-17-5-7-19(25-17)14(2)21-9-11-23(27-21)16(4)24-12-10-22(28-24)15(3)20-8-6-18(13)26-20;/h5-12,25,28H,1-4H3;. The largest absolute Gasteiger partial charge is 0.355 e. The molecule has 8 bridgehead atoms. The molecule has 2 aliphatic heterocycles. The van der Waals surface area contributed by atoms with Crippen LogP contribution in [0.5, 0.6) is 0 Å². The summed E-state index contributed by atoms with van der Waals surface area (Å²) in [5.41, 5.74) is 12.9. The Kier molecular flexibility index (Phi) is 4.88. The maximum Gasteiger partial charge on any atom is 0.0687 e. The Morgan fingerprint density at radius 3 is 0.966 bits per heavy atom. The van der Waals surface area contributed by atoms with E-state index in [-0.39, 0.29) is 19.5 Å². The van der Waals surface area contributed by atoms with Crippen molar-refractivity contribution in [2.75, 3.05) is 0 Å². The monoisotopic (exact) mass is 430 g/mol. The van der Waals surface area contributed by atoms with Crippen molar-refractivity contribution >= 4 is 46.4 Å². The number of hydrogen-bond donors (Lipinski definition) is 2. The number of nitrogens with one attached hydrogen (secondary N) is 2. The van der Waals surface area contributed by atoms with Crippen LogP contribution in [-0.2, 0) is 19.5 Å². The second kappa shape index (κ2) is 7.24. The van der Waals surface area contributed by atoms with Crippen LogP contribution in [0, 0.1) is 27.7 Å². The molecular weight excluding hydrogens is 410 g/mol. The fourth-order valence-corrected chi connectivity index (χ4v) is 3.78. The van der Waals surface area contributed by atoms with Crippen LogP contribution in [0.15, 0.2) is 24.3 Å². The topological polar surface area (TPSA) is 57.4 Å². The first-order valence-electron chi connectivity index (χ1n) is 9.54. The first-order valence-corrected chi connectivity index (χ1v) is 9.54. The number of aromatic amines is 2. The molecule has 29 heavy (non-hydrogen) atoms. The van der Waals surface area contributed by atoms with Gasteiger partial charge < -0.3 is 9.97 Å². The molecule has 0 unspecified atom stereocenters. The minimum absolute atomic E-state index is 0. The molecule has 0 atom stereocenters. The van der Waals surface area contributed by atoms with E-state index < -0.39 is 0 Å². The molecule has 5 heteroatoms. The molecule has 5 heterocycles. The van der Waals surface area contributed by atoms with E-state index in [1.165, 1.54) is 0 Å². The van der Waals surface area contributed by atoms with Gasteiger partial charge in [-0.15, -0.1) is 0 Å². The predicted molar refractivity (Wildman–Crippen MR) is 118 cm³/mol. The quantitative estimate of drug-likeness (QED) is 0.300. The molecule has 2 N–H and O–H groups in total. The zero-order chi connectivity index (χ0) is 19.4. The van der Waals surface area contributed by atoms with E-state index in [9.17, 15) is 0 Å². The third-order valence-corrected chi connectivity index (χ3v) is 5.80. The normalized spacial score (nSPS) is 12.3. The summed E-state index contributed by atoms with van der Waals surface area (Å²) in [4.78, 5) is 16.8. The van der Waals surface area contributed by atoms with E-state index in [1.54, 1.807) is 0 Å². The molecule has 0 amide bonds. The maximum atomic E-state index is 4.88. The zero-order valence-corrected chi connectivity index (χ0v) is 20.2. The van der Waals surface area contributed by atoms with Gasteiger partial charge in [-0.1, -0.05) is 0 Å². The van der Waals surface area contributed by atoms with Crippen LogP contribution < -0.4 is 0 Å². The average Bonchev–Trinajstić information content (AvgIpc) is 3.49. The molecule has 4 nitrogen and oxygen atoms in total. The fraction of sp³-hybridized carbons (Fsp3) is 0.167. The van der Waals surface area contributed by atoms with Crippen LogP contribution in [0.4, 0.5) is 0 Å². The van der Waals surface area contributed by atoms with Gasteiger partial charge in [-0.25, -0.2) is 9.97 Å². The molecular formula is C24H22N4Zn. The van der Waals surface area contributed by atoms with Crippen LogP contribution >= 0.6 is 0 Å². The van der Waals surface area contributed by atoms with Gasteiger partial charge in [0.25, 0.3) is 0 Å². The maximum absolute atomic E-state index is 4.88. The summed E-state index contributed by atoms with van der Waals surface area (Å²) in [6, 6.07) is 8.48. The number of aromatic nitrogens is 4.